The van der Waals surface area contributed by atoms with Crippen LogP contribution in [0.1, 0.15) is 51.9 Å². The van der Waals surface area contributed by atoms with E-state index in [2.05, 4.69) is 5.32 Å². The average Bonchev–Trinajstić information content (AvgIpc) is 2.64. The molecule has 5 heteroatoms. The first kappa shape index (κ1) is 15.3. The van der Waals surface area contributed by atoms with Gasteiger partial charge in [-0.3, -0.25) is 9.59 Å². The number of nitrogens with one attached hydrogen (secondary N) is 1. The van der Waals surface area contributed by atoms with Crippen molar-refractivity contribution in [1.29, 1.82) is 0 Å². The van der Waals surface area contributed by atoms with Gasteiger partial charge in [0, 0.05) is 32.1 Å². The largest absolute Gasteiger partial charge is 0.353 e. The molecule has 20 heavy (non-hydrogen) atoms. The highest BCUT2D eigenvalue weighted by Crippen LogP contribution is 2.23. The highest BCUT2D eigenvalue weighted by Gasteiger charge is 2.29. The fourth-order valence-electron chi connectivity index (χ4n) is 3.31. The Morgan fingerprint density at radius 1 is 1.05 bits per heavy atom. The number of carbonyl (C=O) groups excluding carboxylic acids is 2. The average molecular weight is 281 g/mol. The molecular weight excluding hydrogens is 254 g/mol. The van der Waals surface area contributed by atoms with Crippen molar-refractivity contribution in [2.24, 2.45) is 11.7 Å². The van der Waals surface area contributed by atoms with E-state index in [-0.39, 0.29) is 29.8 Å². The van der Waals surface area contributed by atoms with Crippen molar-refractivity contribution in [2.45, 2.75) is 64.0 Å². The van der Waals surface area contributed by atoms with E-state index in [4.69, 9.17) is 5.73 Å². The van der Waals surface area contributed by atoms with Gasteiger partial charge in [0.25, 0.3) is 0 Å². The highest BCUT2D eigenvalue weighted by atomic mass is 16.2. The Balaban J connectivity index is 1.81. The van der Waals surface area contributed by atoms with Gasteiger partial charge in [-0.25, -0.2) is 0 Å². The summed E-state index contributed by atoms with van der Waals surface area (Å²) in [6, 6.07) is 0.211. The third-order valence-electron chi connectivity index (χ3n) is 4.69. The SMILES string of the molecule is CC(=O)N1CCC(NC(=O)C2CCCCCC2N)CC1. The van der Waals surface area contributed by atoms with Crippen molar-refractivity contribution in [2.75, 3.05) is 13.1 Å². The van der Waals surface area contributed by atoms with Crippen LogP contribution < -0.4 is 11.1 Å². The van der Waals surface area contributed by atoms with Gasteiger partial charge in [0.1, 0.15) is 0 Å². The van der Waals surface area contributed by atoms with E-state index in [1.165, 1.54) is 6.42 Å². The van der Waals surface area contributed by atoms with Crippen molar-refractivity contribution < 1.29 is 9.59 Å². The second-order valence-electron chi connectivity index (χ2n) is 6.20. The quantitative estimate of drug-likeness (QED) is 0.742. The minimum absolute atomic E-state index is 0.00908. The first-order chi connectivity index (χ1) is 9.58. The number of hydrogen-bond donors (Lipinski definition) is 2. The van der Waals surface area contributed by atoms with Crippen LogP contribution in [0.25, 0.3) is 0 Å². The molecule has 1 aliphatic heterocycles. The fourth-order valence-corrected chi connectivity index (χ4v) is 3.31. The van der Waals surface area contributed by atoms with Crippen LogP contribution in [0.15, 0.2) is 0 Å². The molecule has 1 heterocycles. The smallest absolute Gasteiger partial charge is 0.224 e. The highest BCUT2D eigenvalue weighted by molar-refractivity contribution is 5.79. The van der Waals surface area contributed by atoms with Gasteiger partial charge >= 0.3 is 0 Å². The van der Waals surface area contributed by atoms with Gasteiger partial charge in [0.2, 0.25) is 11.8 Å². The molecular formula is C15H27N3O2. The summed E-state index contributed by atoms with van der Waals surface area (Å²) in [7, 11) is 0. The van der Waals surface area contributed by atoms with Crippen LogP contribution in [-0.2, 0) is 9.59 Å². The molecule has 3 N–H and O–H groups in total. The van der Waals surface area contributed by atoms with E-state index in [0.29, 0.717) is 0 Å². The molecule has 0 aromatic carbocycles. The first-order valence-electron chi connectivity index (χ1n) is 7.89. The molecule has 0 spiro atoms. The van der Waals surface area contributed by atoms with Gasteiger partial charge in [-0.15, -0.1) is 0 Å². The normalized spacial score (nSPS) is 28.8. The van der Waals surface area contributed by atoms with Gasteiger partial charge in [0.05, 0.1) is 5.92 Å². The molecule has 0 radical (unpaired) electrons. The van der Waals surface area contributed by atoms with Gasteiger partial charge < -0.3 is 16.0 Å². The minimum Gasteiger partial charge on any atom is -0.353 e. The van der Waals surface area contributed by atoms with E-state index in [9.17, 15) is 9.59 Å². The number of rotatable bonds is 2. The predicted octanol–water partition coefficient (Wildman–Crippen LogP) is 1.02. The summed E-state index contributed by atoms with van der Waals surface area (Å²) < 4.78 is 0. The summed E-state index contributed by atoms with van der Waals surface area (Å²) in [6.45, 7) is 3.09. The second kappa shape index (κ2) is 7.07. The molecule has 2 fully saturated rings. The van der Waals surface area contributed by atoms with E-state index in [0.717, 1.165) is 51.6 Å². The van der Waals surface area contributed by atoms with Crippen molar-refractivity contribution in [3.8, 4) is 0 Å². The van der Waals surface area contributed by atoms with Crippen molar-refractivity contribution >= 4 is 11.8 Å². The Bertz CT molecular complexity index is 351. The van der Waals surface area contributed by atoms with Crippen LogP contribution in [0.2, 0.25) is 0 Å². The standard InChI is InChI=1S/C15H27N3O2/c1-11(19)18-9-7-12(8-10-18)17-15(20)13-5-3-2-4-6-14(13)16/h12-14H,2-10,16H2,1H3,(H,17,20). The Kier molecular flexibility index (Phi) is 5.40. The maximum Gasteiger partial charge on any atom is 0.224 e. The monoisotopic (exact) mass is 281 g/mol. The third kappa shape index (κ3) is 3.95. The number of amides is 2. The summed E-state index contributed by atoms with van der Waals surface area (Å²) in [5.74, 6) is 0.226. The van der Waals surface area contributed by atoms with Crippen molar-refractivity contribution in [3.63, 3.8) is 0 Å². The van der Waals surface area contributed by atoms with Crippen LogP contribution in [0.5, 0.6) is 0 Å². The molecule has 0 bridgehead atoms. The zero-order chi connectivity index (χ0) is 14.5. The zero-order valence-corrected chi connectivity index (χ0v) is 12.4. The van der Waals surface area contributed by atoms with E-state index in [1.54, 1.807) is 6.92 Å². The predicted molar refractivity (Wildman–Crippen MR) is 78.0 cm³/mol. The Morgan fingerprint density at radius 2 is 1.70 bits per heavy atom. The maximum absolute atomic E-state index is 12.4. The lowest BCUT2D eigenvalue weighted by Gasteiger charge is -2.33. The number of nitrogens with two attached hydrogens (primary N) is 1. The molecule has 2 rings (SSSR count). The summed E-state index contributed by atoms with van der Waals surface area (Å²) in [6.07, 6.45) is 7.02. The van der Waals surface area contributed by atoms with Crippen LogP contribution in [0.3, 0.4) is 0 Å². The van der Waals surface area contributed by atoms with Gasteiger partial charge in [-0.05, 0) is 25.7 Å². The van der Waals surface area contributed by atoms with Crippen molar-refractivity contribution in [1.82, 2.24) is 10.2 Å². The third-order valence-corrected chi connectivity index (χ3v) is 4.69. The molecule has 2 amide bonds. The Labute approximate surface area is 121 Å². The fraction of sp³-hybridized carbons (Fsp3) is 0.867. The first-order valence-corrected chi connectivity index (χ1v) is 7.89. The van der Waals surface area contributed by atoms with Crippen molar-refractivity contribution in [3.05, 3.63) is 0 Å². The van der Waals surface area contributed by atoms with Gasteiger partial charge in [-0.2, -0.15) is 0 Å². The van der Waals surface area contributed by atoms with E-state index < -0.39 is 0 Å². The minimum atomic E-state index is -0.0247. The summed E-state index contributed by atoms with van der Waals surface area (Å²) in [4.78, 5) is 25.5. The topological polar surface area (TPSA) is 75.4 Å². The number of piperidine rings is 1. The van der Waals surface area contributed by atoms with Crippen LogP contribution in [0, 0.1) is 5.92 Å². The molecule has 1 saturated heterocycles. The van der Waals surface area contributed by atoms with Crippen LogP contribution in [0.4, 0.5) is 0 Å². The van der Waals surface area contributed by atoms with Gasteiger partial charge in [-0.1, -0.05) is 19.3 Å². The molecule has 2 aliphatic rings. The maximum atomic E-state index is 12.4. The summed E-state index contributed by atoms with van der Waals surface area (Å²) in [5.41, 5.74) is 6.13. The molecule has 114 valence electrons. The summed E-state index contributed by atoms with van der Waals surface area (Å²) >= 11 is 0. The Morgan fingerprint density at radius 3 is 2.35 bits per heavy atom. The van der Waals surface area contributed by atoms with Gasteiger partial charge in [0.15, 0.2) is 0 Å². The lowest BCUT2D eigenvalue weighted by atomic mass is 9.93. The van der Waals surface area contributed by atoms with Crippen LogP contribution in [-0.4, -0.2) is 41.9 Å². The lowest BCUT2D eigenvalue weighted by Crippen LogP contribution is -2.49. The molecule has 5 nitrogen and oxygen atoms in total. The second-order valence-corrected chi connectivity index (χ2v) is 6.20. The molecule has 1 aliphatic carbocycles. The molecule has 2 atom stereocenters. The molecule has 0 aromatic rings. The number of nitrogens with zero attached hydrogens (tertiary/aromatic N) is 1. The number of carbonyl (C=O) groups is 2. The molecule has 0 aromatic heterocycles. The summed E-state index contributed by atoms with van der Waals surface area (Å²) in [5, 5.41) is 3.15. The van der Waals surface area contributed by atoms with E-state index >= 15 is 0 Å². The van der Waals surface area contributed by atoms with E-state index in [1.807, 2.05) is 4.90 Å². The number of likely N-dealkylation sites (tertiary alicyclic amines) is 1. The Hall–Kier alpha value is -1.10. The number of hydrogen-bond acceptors (Lipinski definition) is 3. The lowest BCUT2D eigenvalue weighted by molar-refractivity contribution is -0.130. The molecule has 2 unspecified atom stereocenters. The molecule has 1 saturated carbocycles. The zero-order valence-electron chi connectivity index (χ0n) is 12.4. The van der Waals surface area contributed by atoms with Crippen LogP contribution >= 0.6 is 0 Å².